The monoisotopic (exact) mass is 730 g/mol. The summed E-state index contributed by atoms with van der Waals surface area (Å²) >= 11 is 0. The Morgan fingerprint density at radius 2 is 1.12 bits per heavy atom. The summed E-state index contributed by atoms with van der Waals surface area (Å²) in [5.74, 6) is 1.61. The normalized spacial score (nSPS) is 19.0. The Morgan fingerprint density at radius 1 is 0.456 bits per heavy atom. The second-order valence-corrected chi connectivity index (χ2v) is 16.5. The number of nitrogens with zero attached hydrogens (tertiary/aromatic N) is 2. The van der Waals surface area contributed by atoms with Crippen LogP contribution < -0.4 is 4.90 Å². The van der Waals surface area contributed by atoms with Gasteiger partial charge >= 0.3 is 0 Å². The van der Waals surface area contributed by atoms with Crippen LogP contribution >= 0.6 is 0 Å². The molecule has 0 aliphatic heterocycles. The SMILES string of the molecule is c1ccc(-c2ccccc2N(c2ccc(-c3ccc4c(c3)C3(CC5CCC3C5)c3ccccc3-4)cc2)c2ccc3c4ccccc4n(-c4ccccc4)c3c2)cc1. The van der Waals surface area contributed by atoms with Gasteiger partial charge in [0.15, 0.2) is 0 Å². The van der Waals surface area contributed by atoms with E-state index in [9.17, 15) is 0 Å². The Morgan fingerprint density at radius 3 is 1.93 bits per heavy atom. The molecule has 3 aliphatic rings. The highest BCUT2D eigenvalue weighted by atomic mass is 15.1. The molecule has 0 amide bonds. The van der Waals surface area contributed by atoms with Crippen LogP contribution in [0.2, 0.25) is 0 Å². The van der Waals surface area contributed by atoms with E-state index in [-0.39, 0.29) is 5.41 Å². The van der Waals surface area contributed by atoms with Gasteiger partial charge in [0, 0.05) is 38.8 Å². The van der Waals surface area contributed by atoms with Crippen LogP contribution in [0.15, 0.2) is 194 Å². The molecule has 2 bridgehead atoms. The summed E-state index contributed by atoms with van der Waals surface area (Å²) in [4.78, 5) is 2.45. The highest BCUT2D eigenvalue weighted by Crippen LogP contribution is 2.65. The maximum absolute atomic E-state index is 2.56. The molecule has 3 aliphatic carbocycles. The second kappa shape index (κ2) is 12.7. The van der Waals surface area contributed by atoms with Crippen molar-refractivity contribution in [3.05, 3.63) is 205 Å². The molecule has 8 aromatic carbocycles. The average Bonchev–Trinajstić information content (AvgIpc) is 4.05. The zero-order valence-electron chi connectivity index (χ0n) is 31.9. The Kier molecular flexibility index (Phi) is 7.26. The number of anilines is 3. The molecule has 0 N–H and O–H groups in total. The van der Waals surface area contributed by atoms with E-state index >= 15 is 0 Å². The second-order valence-electron chi connectivity index (χ2n) is 16.5. The third kappa shape index (κ3) is 4.90. The number of aromatic nitrogens is 1. The van der Waals surface area contributed by atoms with Crippen LogP contribution in [-0.2, 0) is 5.41 Å². The first-order chi connectivity index (χ1) is 28.2. The number of hydrogen-bond acceptors (Lipinski definition) is 1. The van der Waals surface area contributed by atoms with Gasteiger partial charge in [-0.15, -0.1) is 0 Å². The minimum Gasteiger partial charge on any atom is -0.310 e. The predicted molar refractivity (Wildman–Crippen MR) is 238 cm³/mol. The number of para-hydroxylation sites is 3. The van der Waals surface area contributed by atoms with E-state index in [0.717, 1.165) is 34.6 Å². The van der Waals surface area contributed by atoms with Crippen molar-refractivity contribution < 1.29 is 0 Å². The van der Waals surface area contributed by atoms with E-state index in [1.54, 1.807) is 11.1 Å². The Hall–Kier alpha value is -6.64. The molecule has 0 radical (unpaired) electrons. The van der Waals surface area contributed by atoms with Gasteiger partial charge < -0.3 is 9.47 Å². The molecule has 0 saturated heterocycles. The molecule has 2 saturated carbocycles. The quantitative estimate of drug-likeness (QED) is 0.165. The van der Waals surface area contributed by atoms with Crippen LogP contribution in [-0.4, -0.2) is 4.57 Å². The first-order valence-corrected chi connectivity index (χ1v) is 20.6. The summed E-state index contributed by atoms with van der Waals surface area (Å²) in [6.07, 6.45) is 5.43. The van der Waals surface area contributed by atoms with Crippen molar-refractivity contribution in [2.45, 2.75) is 31.1 Å². The van der Waals surface area contributed by atoms with Crippen LogP contribution in [0.5, 0.6) is 0 Å². The first-order valence-electron chi connectivity index (χ1n) is 20.6. The summed E-state index contributed by atoms with van der Waals surface area (Å²) in [7, 11) is 0. The third-order valence-corrected chi connectivity index (χ3v) is 13.7. The Labute approximate surface area is 334 Å². The molecule has 1 spiro atoms. The summed E-state index contributed by atoms with van der Waals surface area (Å²) in [5.41, 5.74) is 18.1. The fraction of sp³-hybridized carbons (Fsp3) is 0.127. The lowest BCUT2D eigenvalue weighted by atomic mass is 9.66. The maximum atomic E-state index is 2.56. The van der Waals surface area contributed by atoms with Crippen molar-refractivity contribution in [1.82, 2.24) is 4.57 Å². The molecule has 2 nitrogen and oxygen atoms in total. The summed E-state index contributed by atoms with van der Waals surface area (Å²) in [5, 5.41) is 2.50. The topological polar surface area (TPSA) is 8.17 Å². The molecule has 2 heteroatoms. The minimum absolute atomic E-state index is 0.170. The lowest BCUT2D eigenvalue weighted by Crippen LogP contribution is -2.31. The number of hydrogen-bond donors (Lipinski definition) is 0. The van der Waals surface area contributed by atoms with Crippen molar-refractivity contribution in [3.8, 4) is 39.1 Å². The number of rotatable bonds is 6. The molecule has 1 aromatic heterocycles. The molecule has 3 unspecified atom stereocenters. The smallest absolute Gasteiger partial charge is 0.0561 e. The van der Waals surface area contributed by atoms with Crippen molar-refractivity contribution in [2.24, 2.45) is 11.8 Å². The van der Waals surface area contributed by atoms with E-state index < -0.39 is 0 Å². The lowest BCUT2D eigenvalue weighted by Gasteiger charge is -2.36. The average molecular weight is 731 g/mol. The van der Waals surface area contributed by atoms with E-state index in [0.29, 0.717) is 0 Å². The molecule has 3 atom stereocenters. The lowest BCUT2D eigenvalue weighted by molar-refractivity contribution is 0.327. The predicted octanol–water partition coefficient (Wildman–Crippen LogP) is 14.7. The fourth-order valence-corrected chi connectivity index (χ4v) is 11.3. The van der Waals surface area contributed by atoms with Crippen LogP contribution in [0.3, 0.4) is 0 Å². The summed E-state index contributed by atoms with van der Waals surface area (Å²) in [6, 6.07) is 72.1. The van der Waals surface area contributed by atoms with Crippen molar-refractivity contribution in [1.29, 1.82) is 0 Å². The molecule has 12 rings (SSSR count). The van der Waals surface area contributed by atoms with Gasteiger partial charge in [0.25, 0.3) is 0 Å². The van der Waals surface area contributed by atoms with Crippen LogP contribution in [0.1, 0.15) is 36.8 Å². The summed E-state index contributed by atoms with van der Waals surface area (Å²) in [6.45, 7) is 0. The van der Waals surface area contributed by atoms with Gasteiger partial charge in [-0.3, -0.25) is 0 Å². The molecular weight excluding hydrogens is 689 g/mol. The Balaban J connectivity index is 1.01. The number of fused-ring (bicyclic) bond motifs is 11. The molecular formula is C55H42N2. The van der Waals surface area contributed by atoms with Gasteiger partial charge in [-0.05, 0) is 125 Å². The van der Waals surface area contributed by atoms with E-state index in [1.807, 2.05) is 0 Å². The molecule has 1 heterocycles. The van der Waals surface area contributed by atoms with E-state index in [2.05, 4.69) is 204 Å². The summed E-state index contributed by atoms with van der Waals surface area (Å²) < 4.78 is 2.41. The van der Waals surface area contributed by atoms with Crippen LogP contribution in [0, 0.1) is 11.8 Å². The maximum Gasteiger partial charge on any atom is 0.0561 e. The van der Waals surface area contributed by atoms with Gasteiger partial charge in [-0.2, -0.15) is 0 Å². The standard InChI is InChI=1S/C55H42N2/c1-3-13-39(14-4-1)45-17-8-11-21-52(45)56(44-30-32-49-48-19-9-12-22-53(48)57(54(49)35-44)42-15-5-2-6-16-42)43-28-24-38(25-29-43)40-26-31-47-46-18-7-10-20-50(46)55(51(47)34-40)36-37-23-27-41(55)33-37/h1-22,24-26,28-32,34-35,37,41H,23,27,33,36H2. The highest BCUT2D eigenvalue weighted by Gasteiger charge is 2.56. The minimum atomic E-state index is 0.170. The van der Waals surface area contributed by atoms with E-state index in [1.165, 1.54) is 80.9 Å². The zero-order chi connectivity index (χ0) is 37.5. The largest absolute Gasteiger partial charge is 0.310 e. The molecule has 9 aromatic rings. The van der Waals surface area contributed by atoms with Gasteiger partial charge in [0.05, 0.1) is 16.7 Å². The molecule has 2 fully saturated rings. The van der Waals surface area contributed by atoms with E-state index in [4.69, 9.17) is 0 Å². The van der Waals surface area contributed by atoms with Gasteiger partial charge in [0.2, 0.25) is 0 Å². The number of benzene rings is 8. The van der Waals surface area contributed by atoms with Gasteiger partial charge in [0.1, 0.15) is 0 Å². The van der Waals surface area contributed by atoms with Crippen LogP contribution in [0.4, 0.5) is 17.1 Å². The van der Waals surface area contributed by atoms with Crippen molar-refractivity contribution in [2.75, 3.05) is 4.90 Å². The highest BCUT2D eigenvalue weighted by molar-refractivity contribution is 6.10. The third-order valence-electron chi connectivity index (χ3n) is 13.7. The van der Waals surface area contributed by atoms with Gasteiger partial charge in [-0.25, -0.2) is 0 Å². The fourth-order valence-electron chi connectivity index (χ4n) is 11.3. The first kappa shape index (κ1) is 32.6. The molecule has 272 valence electrons. The zero-order valence-corrected chi connectivity index (χ0v) is 31.9. The van der Waals surface area contributed by atoms with Crippen molar-refractivity contribution >= 4 is 38.9 Å². The molecule has 57 heavy (non-hydrogen) atoms. The van der Waals surface area contributed by atoms with Crippen molar-refractivity contribution in [3.63, 3.8) is 0 Å². The van der Waals surface area contributed by atoms with Crippen LogP contribution in [0.25, 0.3) is 60.9 Å². The Bertz CT molecular complexity index is 2980. The van der Waals surface area contributed by atoms with Gasteiger partial charge in [-0.1, -0.05) is 146 Å².